The molecule has 0 aliphatic carbocycles. The molecule has 0 bridgehead atoms. The highest BCUT2D eigenvalue weighted by molar-refractivity contribution is 5.86. The molecule has 0 amide bonds. The number of carbonyl (C=O) groups excluding carboxylic acids is 1. The Balaban J connectivity index is 3.50. The molecule has 0 heterocycles. The molecule has 1 rings (SSSR count). The van der Waals surface area contributed by atoms with Crippen LogP contribution in [0.2, 0.25) is 0 Å². The first-order valence-electron chi connectivity index (χ1n) is 8.66. The molecule has 0 N–H and O–H groups in total. The van der Waals surface area contributed by atoms with Crippen molar-refractivity contribution in [2.24, 2.45) is 0 Å². The van der Waals surface area contributed by atoms with Crippen molar-refractivity contribution >= 4 is 17.3 Å². The van der Waals surface area contributed by atoms with Crippen molar-refractivity contribution in [3.63, 3.8) is 0 Å². The number of hydrogen-bond acceptors (Lipinski definition) is 6. The van der Waals surface area contributed by atoms with Gasteiger partial charge in [-0.2, -0.15) is 0 Å². The van der Waals surface area contributed by atoms with Gasteiger partial charge in [0.05, 0.1) is 9.85 Å². The molecule has 142 valence electrons. The average Bonchev–Trinajstić information content (AvgIpc) is 2.58. The molecule has 0 radical (unpaired) electrons. The van der Waals surface area contributed by atoms with E-state index in [4.69, 9.17) is 4.74 Å². The highest BCUT2D eigenvalue weighted by Crippen LogP contribution is 2.41. The molecule has 0 aliphatic heterocycles. The minimum absolute atomic E-state index is 0.0161. The third-order valence-electron chi connectivity index (χ3n) is 3.99. The first-order valence-corrected chi connectivity index (χ1v) is 8.66. The number of unbranched alkanes of at least 4 members (excludes halogenated alkanes) is 1. The number of nitro groups is 2. The number of nitrogens with zero attached hydrogens (tertiary/aromatic N) is 2. The van der Waals surface area contributed by atoms with Crippen LogP contribution >= 0.6 is 0 Å². The first kappa shape index (κ1) is 21.3. The number of nitro benzene ring substituents is 2. The molecule has 8 heteroatoms. The van der Waals surface area contributed by atoms with E-state index in [0.717, 1.165) is 38.2 Å². The average molecular weight is 364 g/mol. The summed E-state index contributed by atoms with van der Waals surface area (Å²) in [6.45, 7) is 5.60. The van der Waals surface area contributed by atoms with E-state index in [2.05, 4.69) is 0 Å². The third-order valence-corrected chi connectivity index (χ3v) is 3.99. The van der Waals surface area contributed by atoms with Crippen LogP contribution in [0, 0.1) is 20.2 Å². The zero-order valence-electron chi connectivity index (χ0n) is 15.3. The van der Waals surface area contributed by atoms with E-state index in [1.54, 1.807) is 6.92 Å². The standard InChI is InChI=1S/C18H24N2O6/c1-4-7-10-13(8-5-2)14-11-15(19(22)23)18(16(12-14)20(24)25)26-17(21)9-6-3/h6,9,11-13H,4-5,7-8,10H2,1-3H3/b9-6-. The van der Waals surface area contributed by atoms with Gasteiger partial charge in [-0.1, -0.05) is 39.2 Å². The quantitative estimate of drug-likeness (QED) is 0.188. The predicted octanol–water partition coefficient (Wildman–Crippen LogP) is 5.06. The lowest BCUT2D eigenvalue weighted by Crippen LogP contribution is -2.10. The molecule has 8 nitrogen and oxygen atoms in total. The summed E-state index contributed by atoms with van der Waals surface area (Å²) < 4.78 is 4.91. The summed E-state index contributed by atoms with van der Waals surface area (Å²) in [6, 6.07) is 2.59. The Kier molecular flexibility index (Phi) is 8.41. The lowest BCUT2D eigenvalue weighted by atomic mass is 9.89. The van der Waals surface area contributed by atoms with Crippen molar-refractivity contribution in [1.29, 1.82) is 0 Å². The maximum atomic E-state index is 11.7. The Labute approximate surface area is 152 Å². The van der Waals surface area contributed by atoms with Crippen LogP contribution in [0.1, 0.15) is 64.4 Å². The van der Waals surface area contributed by atoms with Gasteiger partial charge in [0.25, 0.3) is 5.75 Å². The first-order chi connectivity index (χ1) is 12.3. The molecule has 0 aliphatic rings. The van der Waals surface area contributed by atoms with Crippen molar-refractivity contribution in [1.82, 2.24) is 0 Å². The lowest BCUT2D eigenvalue weighted by molar-refractivity contribution is -0.395. The van der Waals surface area contributed by atoms with Crippen LogP contribution in [0.3, 0.4) is 0 Å². The SMILES string of the molecule is C/C=C\C(=O)Oc1c([N+](=O)[O-])cc(C(CCC)CCCC)cc1[N+](=O)[O-]. The van der Waals surface area contributed by atoms with Crippen LogP contribution in [0.5, 0.6) is 5.75 Å². The lowest BCUT2D eigenvalue weighted by Gasteiger charge is -2.17. The van der Waals surface area contributed by atoms with Gasteiger partial charge in [0, 0.05) is 18.2 Å². The molecular weight excluding hydrogens is 340 g/mol. The van der Waals surface area contributed by atoms with Gasteiger partial charge in [-0.15, -0.1) is 0 Å². The molecular formula is C18H24N2O6. The molecule has 26 heavy (non-hydrogen) atoms. The second kappa shape index (κ2) is 10.3. The number of rotatable bonds is 10. The number of hydrogen-bond donors (Lipinski definition) is 0. The molecule has 0 fully saturated rings. The molecule has 1 aromatic carbocycles. The monoisotopic (exact) mass is 364 g/mol. The van der Waals surface area contributed by atoms with E-state index in [1.165, 1.54) is 18.2 Å². The summed E-state index contributed by atoms with van der Waals surface area (Å²) >= 11 is 0. The van der Waals surface area contributed by atoms with E-state index in [-0.39, 0.29) is 5.92 Å². The fourth-order valence-corrected chi connectivity index (χ4v) is 2.78. The Bertz CT molecular complexity index is 664. The van der Waals surface area contributed by atoms with Gasteiger partial charge < -0.3 is 4.74 Å². The summed E-state index contributed by atoms with van der Waals surface area (Å²) in [6.07, 6.45) is 6.73. The second-order valence-corrected chi connectivity index (χ2v) is 5.95. The van der Waals surface area contributed by atoms with Crippen molar-refractivity contribution in [3.8, 4) is 5.75 Å². The summed E-state index contributed by atoms with van der Waals surface area (Å²) in [5.74, 6) is -1.54. The van der Waals surface area contributed by atoms with Gasteiger partial charge in [-0.25, -0.2) is 4.79 Å². The molecule has 1 atom stereocenters. The number of esters is 1. The largest absolute Gasteiger partial charge is 0.409 e. The topological polar surface area (TPSA) is 113 Å². The molecule has 1 unspecified atom stereocenters. The van der Waals surface area contributed by atoms with Crippen molar-refractivity contribution < 1.29 is 19.4 Å². The van der Waals surface area contributed by atoms with Crippen LogP contribution in [0.4, 0.5) is 11.4 Å². The van der Waals surface area contributed by atoms with E-state index >= 15 is 0 Å². The minimum atomic E-state index is -0.900. The number of ether oxygens (including phenoxy) is 1. The van der Waals surface area contributed by atoms with Gasteiger partial charge in [0.2, 0.25) is 0 Å². The molecule has 0 saturated heterocycles. The fraction of sp³-hybridized carbons (Fsp3) is 0.500. The van der Waals surface area contributed by atoms with Crippen molar-refractivity contribution in [2.75, 3.05) is 0 Å². The van der Waals surface area contributed by atoms with Crippen LogP contribution in [0.25, 0.3) is 0 Å². The van der Waals surface area contributed by atoms with Crippen LogP contribution in [-0.2, 0) is 4.79 Å². The Morgan fingerprint density at radius 3 is 2.12 bits per heavy atom. The van der Waals surface area contributed by atoms with E-state index in [9.17, 15) is 25.0 Å². The Morgan fingerprint density at radius 2 is 1.69 bits per heavy atom. The number of carbonyl (C=O) groups is 1. The second-order valence-electron chi connectivity index (χ2n) is 5.95. The van der Waals surface area contributed by atoms with Crippen LogP contribution in [0.15, 0.2) is 24.3 Å². The van der Waals surface area contributed by atoms with Crippen LogP contribution in [-0.4, -0.2) is 15.8 Å². The Hall–Kier alpha value is -2.77. The van der Waals surface area contributed by atoms with Gasteiger partial charge in [0.15, 0.2) is 0 Å². The predicted molar refractivity (Wildman–Crippen MR) is 97.4 cm³/mol. The highest BCUT2D eigenvalue weighted by Gasteiger charge is 2.31. The van der Waals surface area contributed by atoms with E-state index < -0.39 is 32.9 Å². The van der Waals surface area contributed by atoms with E-state index in [0.29, 0.717) is 5.56 Å². The van der Waals surface area contributed by atoms with Gasteiger partial charge >= 0.3 is 17.3 Å². The Morgan fingerprint density at radius 1 is 1.12 bits per heavy atom. The maximum absolute atomic E-state index is 11.7. The van der Waals surface area contributed by atoms with E-state index in [1.807, 2.05) is 13.8 Å². The molecule has 0 saturated carbocycles. The summed E-state index contributed by atoms with van der Waals surface area (Å²) in [5.41, 5.74) is -0.598. The normalized spacial score (nSPS) is 12.1. The summed E-state index contributed by atoms with van der Waals surface area (Å²) in [7, 11) is 0. The maximum Gasteiger partial charge on any atom is 0.336 e. The third kappa shape index (κ3) is 5.65. The molecule has 0 aromatic heterocycles. The van der Waals surface area contributed by atoms with Gasteiger partial charge in [0.1, 0.15) is 0 Å². The zero-order chi connectivity index (χ0) is 19.7. The van der Waals surface area contributed by atoms with Gasteiger partial charge in [-0.05, 0) is 31.2 Å². The smallest absolute Gasteiger partial charge is 0.336 e. The number of benzene rings is 1. The van der Waals surface area contributed by atoms with Crippen molar-refractivity contribution in [3.05, 3.63) is 50.1 Å². The van der Waals surface area contributed by atoms with Crippen molar-refractivity contribution in [2.45, 2.75) is 58.8 Å². The fourth-order valence-electron chi connectivity index (χ4n) is 2.78. The van der Waals surface area contributed by atoms with Crippen LogP contribution < -0.4 is 4.74 Å². The highest BCUT2D eigenvalue weighted by atomic mass is 16.6. The summed E-state index contributed by atoms with van der Waals surface area (Å²) in [5, 5.41) is 22.9. The summed E-state index contributed by atoms with van der Waals surface area (Å²) in [4.78, 5) is 33.1. The van der Waals surface area contributed by atoms with Gasteiger partial charge in [-0.3, -0.25) is 20.2 Å². The molecule has 1 aromatic rings. The molecule has 0 spiro atoms. The number of allylic oxidation sites excluding steroid dienone is 1. The zero-order valence-corrected chi connectivity index (χ0v) is 15.3. The minimum Gasteiger partial charge on any atom is -0.409 e.